The van der Waals surface area contributed by atoms with Gasteiger partial charge < -0.3 is 19.5 Å². The lowest BCUT2D eigenvalue weighted by Crippen LogP contribution is -2.38. The molecular formula is C31H30ClN5O3S. The molecule has 0 radical (unpaired) electrons. The molecule has 2 aliphatic rings. The number of benzene rings is 2. The van der Waals surface area contributed by atoms with Crippen molar-refractivity contribution in [1.82, 2.24) is 14.5 Å². The van der Waals surface area contributed by atoms with Gasteiger partial charge in [0.05, 0.1) is 29.5 Å². The van der Waals surface area contributed by atoms with Crippen LogP contribution in [0.2, 0.25) is 5.02 Å². The van der Waals surface area contributed by atoms with Crippen LogP contribution in [0.15, 0.2) is 90.5 Å². The standard InChI is InChI=1S/C31H30ClN5O3S/c32-26-9-8-23(29(22-5-2-1-3-6-22)35-40-18-15-36-13-16-39-17-14-36)19-27(26)34-30(38)25-10-12-37-28(25)21-41-31(37)24-7-4-11-33-20-24/h1-12,19-20,31H,13-18,21H2,(H,34,38)/b35-29+. The van der Waals surface area contributed by atoms with Crippen LogP contribution in [0.4, 0.5) is 5.69 Å². The van der Waals surface area contributed by atoms with Gasteiger partial charge in [-0.15, -0.1) is 11.8 Å². The number of oxime groups is 1. The van der Waals surface area contributed by atoms with Crippen molar-refractivity contribution < 1.29 is 14.4 Å². The molecule has 1 amide bonds. The van der Waals surface area contributed by atoms with Gasteiger partial charge in [0.2, 0.25) is 0 Å². The Bertz CT molecular complexity index is 1520. The molecule has 2 aromatic carbocycles. The van der Waals surface area contributed by atoms with Crippen LogP contribution in [0, 0.1) is 0 Å². The lowest BCUT2D eigenvalue weighted by atomic mass is 10.0. The number of anilines is 1. The third-order valence-corrected chi connectivity index (χ3v) is 8.75. The van der Waals surface area contributed by atoms with E-state index >= 15 is 0 Å². The fourth-order valence-corrected chi connectivity index (χ4v) is 6.48. The molecule has 8 nitrogen and oxygen atoms in total. The molecule has 0 aliphatic carbocycles. The molecule has 1 fully saturated rings. The lowest BCUT2D eigenvalue weighted by molar-refractivity contribution is 0.0212. The van der Waals surface area contributed by atoms with Crippen LogP contribution in [-0.2, 0) is 15.3 Å². The molecule has 2 aliphatic heterocycles. The van der Waals surface area contributed by atoms with E-state index in [9.17, 15) is 4.79 Å². The first-order valence-corrected chi connectivity index (χ1v) is 15.0. The summed E-state index contributed by atoms with van der Waals surface area (Å²) in [7, 11) is 0. The number of amides is 1. The quantitative estimate of drug-likeness (QED) is 0.154. The summed E-state index contributed by atoms with van der Waals surface area (Å²) in [6, 6.07) is 21.2. The Morgan fingerprint density at radius 3 is 2.76 bits per heavy atom. The number of morpholine rings is 1. The van der Waals surface area contributed by atoms with Gasteiger partial charge in [0.1, 0.15) is 17.7 Å². The first-order valence-electron chi connectivity index (χ1n) is 13.6. The lowest BCUT2D eigenvalue weighted by Gasteiger charge is -2.25. The summed E-state index contributed by atoms with van der Waals surface area (Å²) in [6.07, 6.45) is 5.60. The highest BCUT2D eigenvalue weighted by molar-refractivity contribution is 7.99. The smallest absolute Gasteiger partial charge is 0.257 e. The molecule has 4 aromatic rings. The van der Waals surface area contributed by atoms with E-state index in [0.717, 1.165) is 61.0 Å². The summed E-state index contributed by atoms with van der Waals surface area (Å²) in [5, 5.41) is 8.10. The van der Waals surface area contributed by atoms with Crippen LogP contribution in [0.1, 0.15) is 38.1 Å². The molecule has 41 heavy (non-hydrogen) atoms. The van der Waals surface area contributed by atoms with Crippen LogP contribution in [-0.4, -0.2) is 65.5 Å². The van der Waals surface area contributed by atoms with E-state index in [1.54, 1.807) is 24.0 Å². The summed E-state index contributed by atoms with van der Waals surface area (Å²) in [4.78, 5) is 25.8. The monoisotopic (exact) mass is 587 g/mol. The minimum atomic E-state index is -0.204. The van der Waals surface area contributed by atoms with Gasteiger partial charge in [-0.25, -0.2) is 0 Å². The fourth-order valence-electron chi connectivity index (χ4n) is 5.01. The maximum atomic E-state index is 13.5. The van der Waals surface area contributed by atoms with Crippen LogP contribution in [0.3, 0.4) is 0 Å². The van der Waals surface area contributed by atoms with Gasteiger partial charge in [-0.2, -0.15) is 0 Å². The van der Waals surface area contributed by atoms with Gasteiger partial charge >= 0.3 is 0 Å². The molecule has 0 bridgehead atoms. The zero-order chi connectivity index (χ0) is 28.0. The summed E-state index contributed by atoms with van der Waals surface area (Å²) in [6.45, 7) is 4.52. The Balaban J connectivity index is 1.21. The molecule has 1 N–H and O–H groups in total. The molecular weight excluding hydrogens is 558 g/mol. The molecule has 210 valence electrons. The molecule has 2 aromatic heterocycles. The molecule has 10 heteroatoms. The van der Waals surface area contributed by atoms with E-state index < -0.39 is 0 Å². The van der Waals surface area contributed by atoms with Gasteiger partial charge in [0, 0.05) is 66.4 Å². The largest absolute Gasteiger partial charge is 0.394 e. The number of aromatic nitrogens is 2. The Kier molecular flexibility index (Phi) is 8.67. The number of rotatable bonds is 9. The number of nitrogens with zero attached hydrogens (tertiary/aromatic N) is 4. The van der Waals surface area contributed by atoms with Crippen LogP contribution in [0.5, 0.6) is 0 Å². The normalized spacial score (nSPS) is 17.3. The second-order valence-corrected chi connectivity index (χ2v) is 11.3. The topological polar surface area (TPSA) is 81.0 Å². The Morgan fingerprint density at radius 2 is 1.95 bits per heavy atom. The van der Waals surface area contributed by atoms with E-state index in [4.69, 9.17) is 21.2 Å². The highest BCUT2D eigenvalue weighted by Crippen LogP contribution is 2.42. The molecule has 0 spiro atoms. The summed E-state index contributed by atoms with van der Waals surface area (Å²) >= 11 is 8.34. The number of ether oxygens (including phenoxy) is 1. The zero-order valence-corrected chi connectivity index (χ0v) is 24.0. The van der Waals surface area contributed by atoms with Crippen molar-refractivity contribution in [2.75, 3.05) is 44.8 Å². The highest BCUT2D eigenvalue weighted by Gasteiger charge is 2.28. The molecule has 1 unspecified atom stereocenters. The van der Waals surface area contributed by atoms with Crippen molar-refractivity contribution in [2.24, 2.45) is 5.16 Å². The summed E-state index contributed by atoms with van der Waals surface area (Å²) in [5.41, 5.74) is 5.59. The van der Waals surface area contributed by atoms with Gasteiger partial charge in [-0.05, 0) is 24.3 Å². The summed E-state index contributed by atoms with van der Waals surface area (Å²) in [5.74, 6) is 0.528. The van der Waals surface area contributed by atoms with Crippen molar-refractivity contribution in [3.8, 4) is 0 Å². The number of carbonyl (C=O) groups excluding carboxylic acids is 1. The first-order chi connectivity index (χ1) is 20.2. The number of fused-ring (bicyclic) bond motifs is 1. The summed E-state index contributed by atoms with van der Waals surface area (Å²) < 4.78 is 7.56. The first kappa shape index (κ1) is 27.5. The number of nitrogens with one attached hydrogen (secondary N) is 1. The molecule has 1 atom stereocenters. The predicted octanol–water partition coefficient (Wildman–Crippen LogP) is 5.68. The van der Waals surface area contributed by atoms with Crippen molar-refractivity contribution >= 4 is 40.7 Å². The Hall–Kier alpha value is -3.63. The Morgan fingerprint density at radius 1 is 1.10 bits per heavy atom. The van der Waals surface area contributed by atoms with E-state index in [1.165, 1.54) is 0 Å². The van der Waals surface area contributed by atoms with Gasteiger partial charge in [0.15, 0.2) is 0 Å². The van der Waals surface area contributed by atoms with E-state index in [2.05, 4.69) is 31.0 Å². The van der Waals surface area contributed by atoms with Crippen molar-refractivity contribution in [3.63, 3.8) is 0 Å². The SMILES string of the molecule is O=C(Nc1cc(/C(=N/OCCN2CCOCC2)c2ccccc2)ccc1Cl)c1ccn2c1CSC2c1cccnc1. The third kappa shape index (κ3) is 6.33. The average Bonchev–Trinajstić information content (AvgIpc) is 3.63. The molecule has 6 rings (SSSR count). The molecule has 4 heterocycles. The van der Waals surface area contributed by atoms with Crippen LogP contribution in [0.25, 0.3) is 0 Å². The minimum Gasteiger partial charge on any atom is -0.394 e. The second-order valence-electron chi connectivity index (χ2n) is 9.78. The van der Waals surface area contributed by atoms with Crippen LogP contribution >= 0.6 is 23.4 Å². The number of thioether (sulfide) groups is 1. The number of hydrogen-bond acceptors (Lipinski definition) is 7. The maximum Gasteiger partial charge on any atom is 0.257 e. The van der Waals surface area contributed by atoms with Crippen LogP contribution < -0.4 is 5.32 Å². The minimum absolute atomic E-state index is 0.0973. The third-order valence-electron chi connectivity index (χ3n) is 7.16. The van der Waals surface area contributed by atoms with E-state index in [0.29, 0.717) is 28.6 Å². The molecule has 0 saturated carbocycles. The predicted molar refractivity (Wildman–Crippen MR) is 163 cm³/mol. The van der Waals surface area contributed by atoms with E-state index in [-0.39, 0.29) is 11.3 Å². The maximum absolute atomic E-state index is 13.5. The van der Waals surface area contributed by atoms with E-state index in [1.807, 2.05) is 67.0 Å². The van der Waals surface area contributed by atoms with Gasteiger partial charge in [0.25, 0.3) is 5.91 Å². The van der Waals surface area contributed by atoms with Crippen molar-refractivity contribution in [1.29, 1.82) is 0 Å². The Labute approximate surface area is 248 Å². The number of carbonyl (C=O) groups is 1. The molecule has 1 saturated heterocycles. The number of halogens is 1. The van der Waals surface area contributed by atoms with Gasteiger partial charge in [-0.1, -0.05) is 59.2 Å². The van der Waals surface area contributed by atoms with Crippen molar-refractivity contribution in [3.05, 3.63) is 118 Å². The number of pyridine rings is 1. The second kappa shape index (κ2) is 12.9. The van der Waals surface area contributed by atoms with Crippen molar-refractivity contribution in [2.45, 2.75) is 11.1 Å². The zero-order valence-electron chi connectivity index (χ0n) is 22.4. The average molecular weight is 588 g/mol. The highest BCUT2D eigenvalue weighted by atomic mass is 35.5. The van der Waals surface area contributed by atoms with Gasteiger partial charge in [-0.3, -0.25) is 14.7 Å². The fraction of sp³-hybridized carbons (Fsp3) is 0.258. The number of hydrogen-bond donors (Lipinski definition) is 1.